The van der Waals surface area contributed by atoms with Crippen LogP contribution in [0.2, 0.25) is 0 Å². The molecule has 9 nitrogen and oxygen atoms in total. The maximum absolute atomic E-state index is 6.06. The number of ether oxygens (including phenoxy) is 2. The molecule has 0 amide bonds. The number of anilines is 1. The Labute approximate surface area is 185 Å². The zero-order chi connectivity index (χ0) is 21.5. The lowest BCUT2D eigenvalue weighted by molar-refractivity contribution is 0.188. The molecule has 0 spiro atoms. The van der Waals surface area contributed by atoms with Crippen LogP contribution in [-0.4, -0.2) is 62.9 Å². The highest BCUT2D eigenvalue weighted by molar-refractivity contribution is 7.99. The lowest BCUT2D eigenvalue weighted by Crippen LogP contribution is -2.41. The molecular formula is C21H27N7O2S. The highest BCUT2D eigenvalue weighted by atomic mass is 32.2. The molecule has 5 heterocycles. The SMILES string of the molecule is COc1c(C)cnc(Cn2nc3c4c(nc(N)nc42)SCC(N[C@H]2CCOC2)C3)c1C. The minimum atomic E-state index is 0.268. The largest absolute Gasteiger partial charge is 0.496 e. The summed E-state index contributed by atoms with van der Waals surface area (Å²) in [7, 11) is 1.69. The Morgan fingerprint density at radius 3 is 2.97 bits per heavy atom. The van der Waals surface area contributed by atoms with E-state index in [0.29, 0.717) is 12.6 Å². The summed E-state index contributed by atoms with van der Waals surface area (Å²) >= 11 is 1.72. The first-order valence-electron chi connectivity index (χ1n) is 10.5. The van der Waals surface area contributed by atoms with Crippen molar-refractivity contribution in [1.29, 1.82) is 0 Å². The van der Waals surface area contributed by atoms with Crippen molar-refractivity contribution in [2.75, 3.05) is 31.8 Å². The lowest BCUT2D eigenvalue weighted by atomic mass is 10.1. The molecule has 0 radical (unpaired) electrons. The van der Waals surface area contributed by atoms with Gasteiger partial charge in [0.2, 0.25) is 5.95 Å². The first-order valence-corrected chi connectivity index (χ1v) is 11.5. The van der Waals surface area contributed by atoms with E-state index in [2.05, 4.69) is 20.3 Å². The molecular weight excluding hydrogens is 414 g/mol. The van der Waals surface area contributed by atoms with Gasteiger partial charge in [0, 0.05) is 48.2 Å². The Hall–Kier alpha value is -2.43. The fourth-order valence-corrected chi connectivity index (χ4v) is 5.52. The van der Waals surface area contributed by atoms with Gasteiger partial charge in [-0.05, 0) is 20.3 Å². The minimum Gasteiger partial charge on any atom is -0.496 e. The molecule has 3 N–H and O–H groups in total. The smallest absolute Gasteiger partial charge is 0.223 e. The number of aromatic nitrogens is 5. The first kappa shape index (κ1) is 20.5. The molecule has 2 atom stereocenters. The van der Waals surface area contributed by atoms with Crippen LogP contribution in [0, 0.1) is 13.8 Å². The van der Waals surface area contributed by atoms with Crippen LogP contribution in [0.25, 0.3) is 11.0 Å². The van der Waals surface area contributed by atoms with E-state index < -0.39 is 0 Å². The Morgan fingerprint density at radius 2 is 2.19 bits per heavy atom. The molecule has 0 bridgehead atoms. The van der Waals surface area contributed by atoms with Gasteiger partial charge in [0.1, 0.15) is 10.8 Å². The molecule has 2 aliphatic heterocycles. The standard InChI is InChI=1S/C21H27N7O2S/c1-11-7-23-16(12(2)18(11)29-3)8-28-19-17-15(27-28)6-14(24-13-4-5-30-9-13)10-31-20(17)26-21(22)25-19/h7,13-14,24H,4-6,8-10H2,1-3H3,(H2,22,25,26)/t13-,14?/m0/s1. The Kier molecular flexibility index (Phi) is 5.45. The molecule has 3 aromatic rings. The zero-order valence-electron chi connectivity index (χ0n) is 18.0. The van der Waals surface area contributed by atoms with Crippen LogP contribution >= 0.6 is 11.8 Å². The van der Waals surface area contributed by atoms with Crippen LogP contribution < -0.4 is 15.8 Å². The molecule has 1 unspecified atom stereocenters. The molecule has 0 aromatic carbocycles. The number of hydrogen-bond acceptors (Lipinski definition) is 9. The third kappa shape index (κ3) is 3.83. The van der Waals surface area contributed by atoms with E-state index in [1.54, 1.807) is 18.9 Å². The van der Waals surface area contributed by atoms with Crippen LogP contribution in [0.4, 0.5) is 5.95 Å². The second-order valence-electron chi connectivity index (χ2n) is 8.18. The van der Waals surface area contributed by atoms with Gasteiger partial charge in [-0.15, -0.1) is 11.8 Å². The van der Waals surface area contributed by atoms with Gasteiger partial charge in [-0.3, -0.25) is 4.98 Å². The van der Waals surface area contributed by atoms with Crippen LogP contribution in [-0.2, 0) is 17.7 Å². The molecule has 3 aromatic heterocycles. The van der Waals surface area contributed by atoms with Gasteiger partial charge < -0.3 is 20.5 Å². The van der Waals surface area contributed by atoms with E-state index >= 15 is 0 Å². The molecule has 10 heteroatoms. The summed E-state index contributed by atoms with van der Waals surface area (Å²) < 4.78 is 13.0. The molecule has 0 saturated carbocycles. The van der Waals surface area contributed by atoms with Gasteiger partial charge in [0.25, 0.3) is 0 Å². The fourth-order valence-electron chi connectivity index (χ4n) is 4.44. The lowest BCUT2D eigenvalue weighted by Gasteiger charge is -2.20. The van der Waals surface area contributed by atoms with Gasteiger partial charge in [-0.1, -0.05) is 0 Å². The van der Waals surface area contributed by atoms with Crippen molar-refractivity contribution in [2.24, 2.45) is 0 Å². The highest BCUT2D eigenvalue weighted by Crippen LogP contribution is 2.34. The second kappa shape index (κ2) is 8.25. The fraction of sp³-hybridized carbons (Fsp3) is 0.524. The van der Waals surface area contributed by atoms with Crippen molar-refractivity contribution in [3.8, 4) is 5.75 Å². The summed E-state index contributed by atoms with van der Waals surface area (Å²) in [5.74, 6) is 2.04. The van der Waals surface area contributed by atoms with E-state index in [9.17, 15) is 0 Å². The van der Waals surface area contributed by atoms with Crippen molar-refractivity contribution < 1.29 is 9.47 Å². The van der Waals surface area contributed by atoms with Crippen molar-refractivity contribution in [1.82, 2.24) is 30.0 Å². The normalized spacial score (nSPS) is 20.9. The van der Waals surface area contributed by atoms with Crippen molar-refractivity contribution in [3.05, 3.63) is 28.7 Å². The number of rotatable bonds is 5. The predicted octanol–water partition coefficient (Wildman–Crippen LogP) is 1.87. The summed E-state index contributed by atoms with van der Waals surface area (Å²) in [6.45, 7) is 6.11. The molecule has 164 valence electrons. The number of hydrogen-bond donors (Lipinski definition) is 2. The molecule has 5 rings (SSSR count). The van der Waals surface area contributed by atoms with Crippen LogP contribution in [0.5, 0.6) is 5.75 Å². The summed E-state index contributed by atoms with van der Waals surface area (Å²) in [4.78, 5) is 13.7. The van der Waals surface area contributed by atoms with Gasteiger partial charge >= 0.3 is 0 Å². The Balaban J connectivity index is 1.52. The summed E-state index contributed by atoms with van der Waals surface area (Å²) in [5.41, 5.74) is 10.8. The third-order valence-electron chi connectivity index (χ3n) is 5.96. The first-order chi connectivity index (χ1) is 15.0. The van der Waals surface area contributed by atoms with Gasteiger partial charge in [0.15, 0.2) is 5.65 Å². The summed E-state index contributed by atoms with van der Waals surface area (Å²) in [6.07, 6.45) is 3.70. The van der Waals surface area contributed by atoms with E-state index in [1.165, 1.54) is 0 Å². The Bertz CT molecular complexity index is 1130. The predicted molar refractivity (Wildman–Crippen MR) is 120 cm³/mol. The number of thioether (sulfide) groups is 1. The summed E-state index contributed by atoms with van der Waals surface area (Å²) in [6, 6.07) is 0.686. The van der Waals surface area contributed by atoms with Gasteiger partial charge in [0.05, 0.1) is 37.0 Å². The van der Waals surface area contributed by atoms with Crippen molar-refractivity contribution >= 4 is 28.7 Å². The Morgan fingerprint density at radius 1 is 1.32 bits per heavy atom. The van der Waals surface area contributed by atoms with Crippen LogP contribution in [0.1, 0.15) is 28.9 Å². The average molecular weight is 442 g/mol. The molecule has 1 fully saturated rings. The summed E-state index contributed by atoms with van der Waals surface area (Å²) in [5, 5.41) is 10.6. The second-order valence-corrected chi connectivity index (χ2v) is 9.18. The highest BCUT2D eigenvalue weighted by Gasteiger charge is 2.28. The molecule has 0 aliphatic carbocycles. The monoisotopic (exact) mass is 441 g/mol. The minimum absolute atomic E-state index is 0.268. The number of nitrogen functional groups attached to an aromatic ring is 1. The number of nitrogens with one attached hydrogen (secondary N) is 1. The average Bonchev–Trinajstić information content (AvgIpc) is 3.32. The maximum atomic E-state index is 6.06. The number of aryl methyl sites for hydroxylation is 1. The quantitative estimate of drug-likeness (QED) is 0.573. The molecule has 31 heavy (non-hydrogen) atoms. The molecule has 1 saturated heterocycles. The maximum Gasteiger partial charge on any atom is 0.223 e. The molecule has 2 aliphatic rings. The topological polar surface area (TPSA) is 113 Å². The number of nitrogens with zero attached hydrogens (tertiary/aromatic N) is 5. The zero-order valence-corrected chi connectivity index (χ0v) is 18.8. The number of methoxy groups -OCH3 is 1. The van der Waals surface area contributed by atoms with Crippen LogP contribution in [0.3, 0.4) is 0 Å². The van der Waals surface area contributed by atoms with E-state index in [-0.39, 0.29) is 12.0 Å². The van der Waals surface area contributed by atoms with Crippen LogP contribution in [0.15, 0.2) is 11.2 Å². The van der Waals surface area contributed by atoms with E-state index in [0.717, 1.165) is 76.1 Å². The number of nitrogens with two attached hydrogens (primary N) is 1. The van der Waals surface area contributed by atoms with Crippen molar-refractivity contribution in [2.45, 2.75) is 50.3 Å². The van der Waals surface area contributed by atoms with Gasteiger partial charge in [-0.2, -0.15) is 10.1 Å². The van der Waals surface area contributed by atoms with E-state index in [1.807, 2.05) is 24.7 Å². The van der Waals surface area contributed by atoms with E-state index in [4.69, 9.17) is 20.3 Å². The van der Waals surface area contributed by atoms with Crippen molar-refractivity contribution in [3.63, 3.8) is 0 Å². The van der Waals surface area contributed by atoms with Gasteiger partial charge in [-0.25, -0.2) is 9.67 Å². The third-order valence-corrected chi connectivity index (χ3v) is 7.10. The number of pyridine rings is 1.